The molecule has 0 heterocycles. The van der Waals surface area contributed by atoms with Crippen molar-refractivity contribution in [3.63, 3.8) is 0 Å². The van der Waals surface area contributed by atoms with Crippen molar-refractivity contribution in [1.29, 1.82) is 0 Å². The molecule has 0 amide bonds. The molecule has 0 radical (unpaired) electrons. The van der Waals surface area contributed by atoms with Gasteiger partial charge in [0, 0.05) is 5.56 Å². The summed E-state index contributed by atoms with van der Waals surface area (Å²) in [6.45, 7) is 0.711. The van der Waals surface area contributed by atoms with E-state index in [1.807, 2.05) is 0 Å². The van der Waals surface area contributed by atoms with Gasteiger partial charge >= 0.3 is 0 Å². The van der Waals surface area contributed by atoms with Gasteiger partial charge in [0.05, 0.1) is 11.6 Å². The van der Waals surface area contributed by atoms with Gasteiger partial charge in [-0.1, -0.05) is 29.6 Å². The summed E-state index contributed by atoms with van der Waals surface area (Å²) in [5.74, 6) is 1.34. The lowest BCUT2D eigenvalue weighted by Crippen LogP contribution is -2.13. The zero-order valence-electron chi connectivity index (χ0n) is 10.1. The maximum absolute atomic E-state index is 8.58. The second-order valence-electron chi connectivity index (χ2n) is 4.59. The standard InChI is InChI=1S/C13H17ClN2O2/c14-11-7-10(13(15)16-17)5-6-12(11)18-8-9-3-1-2-4-9/h5-7,9,17H,1-4,8H2,(H2,15,16). The molecule has 0 unspecified atom stereocenters. The first kappa shape index (κ1) is 13.0. The van der Waals surface area contributed by atoms with Crippen LogP contribution in [0.15, 0.2) is 23.4 Å². The Bertz CT molecular complexity index is 443. The molecule has 5 heteroatoms. The Labute approximate surface area is 111 Å². The molecule has 0 aromatic heterocycles. The number of oxime groups is 1. The lowest BCUT2D eigenvalue weighted by Gasteiger charge is -2.13. The van der Waals surface area contributed by atoms with Gasteiger partial charge in [0.1, 0.15) is 5.75 Å². The number of hydrogen-bond donors (Lipinski definition) is 2. The number of amidine groups is 1. The third kappa shape index (κ3) is 3.07. The predicted octanol–water partition coefficient (Wildman–Crippen LogP) is 3.00. The molecule has 2 rings (SSSR count). The summed E-state index contributed by atoms with van der Waals surface area (Å²) in [6.07, 6.45) is 5.06. The highest BCUT2D eigenvalue weighted by atomic mass is 35.5. The van der Waals surface area contributed by atoms with Crippen LogP contribution < -0.4 is 10.5 Å². The Hall–Kier alpha value is -1.42. The third-order valence-electron chi connectivity index (χ3n) is 3.28. The van der Waals surface area contributed by atoms with E-state index < -0.39 is 0 Å². The largest absolute Gasteiger partial charge is 0.492 e. The Morgan fingerprint density at radius 1 is 1.44 bits per heavy atom. The topological polar surface area (TPSA) is 67.8 Å². The van der Waals surface area contributed by atoms with E-state index in [2.05, 4.69) is 5.16 Å². The number of ether oxygens (including phenoxy) is 1. The van der Waals surface area contributed by atoms with Gasteiger partial charge in [0.25, 0.3) is 0 Å². The first-order valence-corrected chi connectivity index (χ1v) is 6.48. The van der Waals surface area contributed by atoms with Crippen molar-refractivity contribution in [3.05, 3.63) is 28.8 Å². The summed E-state index contributed by atoms with van der Waals surface area (Å²) in [6, 6.07) is 5.12. The molecule has 3 N–H and O–H groups in total. The number of nitrogens with two attached hydrogens (primary N) is 1. The van der Waals surface area contributed by atoms with Crippen molar-refractivity contribution in [2.75, 3.05) is 6.61 Å². The molecule has 1 aliphatic rings. The highest BCUT2D eigenvalue weighted by Crippen LogP contribution is 2.29. The number of hydrogen-bond acceptors (Lipinski definition) is 3. The molecular weight excluding hydrogens is 252 g/mol. The first-order chi connectivity index (χ1) is 8.70. The third-order valence-corrected chi connectivity index (χ3v) is 3.58. The van der Waals surface area contributed by atoms with E-state index in [9.17, 15) is 0 Å². The van der Waals surface area contributed by atoms with Gasteiger partial charge in [0.15, 0.2) is 5.84 Å². The summed E-state index contributed by atoms with van der Waals surface area (Å²) in [4.78, 5) is 0. The van der Waals surface area contributed by atoms with Crippen molar-refractivity contribution in [2.24, 2.45) is 16.8 Å². The van der Waals surface area contributed by atoms with Crippen LogP contribution in [-0.4, -0.2) is 17.6 Å². The maximum Gasteiger partial charge on any atom is 0.170 e. The molecule has 0 saturated heterocycles. The van der Waals surface area contributed by atoms with Crippen molar-refractivity contribution >= 4 is 17.4 Å². The van der Waals surface area contributed by atoms with E-state index in [-0.39, 0.29) is 5.84 Å². The van der Waals surface area contributed by atoms with Crippen LogP contribution in [-0.2, 0) is 0 Å². The van der Waals surface area contributed by atoms with E-state index in [1.54, 1.807) is 18.2 Å². The van der Waals surface area contributed by atoms with Crippen LogP contribution in [0.25, 0.3) is 0 Å². The summed E-state index contributed by atoms with van der Waals surface area (Å²) < 4.78 is 5.71. The predicted molar refractivity (Wildman–Crippen MR) is 71.4 cm³/mol. The van der Waals surface area contributed by atoms with Crippen LogP contribution >= 0.6 is 11.6 Å². The molecule has 4 nitrogen and oxygen atoms in total. The van der Waals surface area contributed by atoms with Crippen molar-refractivity contribution in [1.82, 2.24) is 0 Å². The van der Waals surface area contributed by atoms with Crippen molar-refractivity contribution < 1.29 is 9.94 Å². The summed E-state index contributed by atoms with van der Waals surface area (Å²) in [5.41, 5.74) is 6.07. The molecule has 0 aliphatic heterocycles. The summed E-state index contributed by atoms with van der Waals surface area (Å²) >= 11 is 6.10. The van der Waals surface area contributed by atoms with E-state index in [0.717, 1.165) is 0 Å². The normalized spacial score (nSPS) is 17.1. The minimum absolute atomic E-state index is 0.0410. The van der Waals surface area contributed by atoms with Crippen LogP contribution in [0.1, 0.15) is 31.2 Å². The second-order valence-corrected chi connectivity index (χ2v) is 5.00. The lowest BCUT2D eigenvalue weighted by atomic mass is 10.1. The number of halogens is 1. The van der Waals surface area contributed by atoms with E-state index in [4.69, 9.17) is 27.3 Å². The van der Waals surface area contributed by atoms with Crippen LogP contribution in [0.2, 0.25) is 5.02 Å². The van der Waals surface area contributed by atoms with Gasteiger partial charge < -0.3 is 15.7 Å². The average molecular weight is 269 g/mol. The smallest absolute Gasteiger partial charge is 0.170 e. The first-order valence-electron chi connectivity index (χ1n) is 6.11. The molecule has 0 atom stereocenters. The fourth-order valence-electron chi connectivity index (χ4n) is 2.22. The number of rotatable bonds is 4. The summed E-state index contributed by atoms with van der Waals surface area (Å²) in [5, 5.41) is 12.0. The average Bonchev–Trinajstić information content (AvgIpc) is 2.89. The van der Waals surface area contributed by atoms with Crippen LogP contribution in [0.3, 0.4) is 0 Å². The van der Waals surface area contributed by atoms with Gasteiger partial charge in [-0.25, -0.2) is 0 Å². The quantitative estimate of drug-likeness (QED) is 0.382. The second kappa shape index (κ2) is 5.96. The molecule has 1 fully saturated rings. The Morgan fingerprint density at radius 3 is 2.78 bits per heavy atom. The van der Waals surface area contributed by atoms with Crippen molar-refractivity contribution in [2.45, 2.75) is 25.7 Å². The molecule has 0 bridgehead atoms. The number of benzene rings is 1. The molecule has 0 spiro atoms. The molecule has 1 aromatic rings. The van der Waals surface area contributed by atoms with E-state index in [1.165, 1.54) is 25.7 Å². The number of nitrogens with zero attached hydrogens (tertiary/aromatic N) is 1. The zero-order valence-corrected chi connectivity index (χ0v) is 10.9. The van der Waals surface area contributed by atoms with Gasteiger partial charge in [-0.3, -0.25) is 0 Å². The highest BCUT2D eigenvalue weighted by Gasteiger charge is 2.16. The van der Waals surface area contributed by atoms with Crippen LogP contribution in [0, 0.1) is 5.92 Å². The maximum atomic E-state index is 8.58. The van der Waals surface area contributed by atoms with Crippen molar-refractivity contribution in [3.8, 4) is 5.75 Å². The molecule has 18 heavy (non-hydrogen) atoms. The minimum Gasteiger partial charge on any atom is -0.492 e. The van der Waals surface area contributed by atoms with E-state index >= 15 is 0 Å². The minimum atomic E-state index is 0.0410. The fraction of sp³-hybridized carbons (Fsp3) is 0.462. The Kier molecular flexibility index (Phi) is 4.31. The van der Waals surface area contributed by atoms with Crippen LogP contribution in [0.5, 0.6) is 5.75 Å². The Balaban J connectivity index is 2.00. The molecule has 1 aliphatic carbocycles. The fourth-order valence-corrected chi connectivity index (χ4v) is 2.45. The molecule has 1 saturated carbocycles. The lowest BCUT2D eigenvalue weighted by molar-refractivity contribution is 0.252. The highest BCUT2D eigenvalue weighted by molar-refractivity contribution is 6.32. The van der Waals surface area contributed by atoms with Gasteiger partial charge in [-0.05, 0) is 37.0 Å². The Morgan fingerprint density at radius 2 is 2.17 bits per heavy atom. The van der Waals surface area contributed by atoms with Gasteiger partial charge in [0.2, 0.25) is 0 Å². The van der Waals surface area contributed by atoms with Gasteiger partial charge in [-0.2, -0.15) is 0 Å². The van der Waals surface area contributed by atoms with E-state index in [0.29, 0.717) is 28.9 Å². The monoisotopic (exact) mass is 268 g/mol. The molecule has 1 aromatic carbocycles. The van der Waals surface area contributed by atoms with Crippen LogP contribution in [0.4, 0.5) is 0 Å². The van der Waals surface area contributed by atoms with Gasteiger partial charge in [-0.15, -0.1) is 0 Å². The zero-order chi connectivity index (χ0) is 13.0. The molecule has 98 valence electrons. The SMILES string of the molecule is NC(=NO)c1ccc(OCC2CCCC2)c(Cl)c1. The summed E-state index contributed by atoms with van der Waals surface area (Å²) in [7, 11) is 0. The molecular formula is C13H17ClN2O2.